The van der Waals surface area contributed by atoms with Crippen LogP contribution in [-0.4, -0.2) is 95.7 Å². The van der Waals surface area contributed by atoms with E-state index in [-0.39, 0.29) is 51.6 Å². The standard InChI is InChI=1S/C28H45N7O8/c1-2-3-7-12-30-25(36)11-10-24(34-28(39)43-22-23-8-5-4-6-9-23)27(38)32-21-26(37)31-13-15-40-17-19-42-20-18-41-16-14-33-35-29/h4-6,8-9,24H,2-3,7,10-22H2,1H3,(H,30,36)(H,31,37)(H,32,38)(H,34,39)/t24-/m0/s1. The summed E-state index contributed by atoms with van der Waals surface area (Å²) in [6, 6.07) is 8.00. The zero-order valence-electron chi connectivity index (χ0n) is 24.9. The Morgan fingerprint density at radius 1 is 0.860 bits per heavy atom. The number of hydrogen-bond acceptors (Lipinski definition) is 9. The highest BCUT2D eigenvalue weighted by molar-refractivity contribution is 5.90. The molecule has 4 N–H and O–H groups in total. The zero-order valence-corrected chi connectivity index (χ0v) is 24.9. The van der Waals surface area contributed by atoms with E-state index in [1.54, 1.807) is 12.1 Å². The Morgan fingerprint density at radius 3 is 2.23 bits per heavy atom. The fourth-order valence-electron chi connectivity index (χ4n) is 3.45. The summed E-state index contributed by atoms with van der Waals surface area (Å²) in [6.07, 6.45) is 2.13. The van der Waals surface area contributed by atoms with Crippen LogP contribution in [0, 0.1) is 0 Å². The van der Waals surface area contributed by atoms with E-state index in [2.05, 4.69) is 38.2 Å². The van der Waals surface area contributed by atoms with Gasteiger partial charge >= 0.3 is 6.09 Å². The minimum absolute atomic E-state index is 0.0148. The van der Waals surface area contributed by atoms with Crippen molar-refractivity contribution in [1.29, 1.82) is 0 Å². The first-order valence-corrected chi connectivity index (χ1v) is 14.5. The molecule has 15 heteroatoms. The molecule has 240 valence electrons. The van der Waals surface area contributed by atoms with Crippen molar-refractivity contribution in [3.63, 3.8) is 0 Å². The maximum absolute atomic E-state index is 12.8. The molecule has 0 aromatic heterocycles. The number of benzene rings is 1. The molecular formula is C28H45N7O8. The van der Waals surface area contributed by atoms with Gasteiger partial charge in [0.25, 0.3) is 0 Å². The van der Waals surface area contributed by atoms with Gasteiger partial charge in [0.1, 0.15) is 12.6 Å². The second-order valence-corrected chi connectivity index (χ2v) is 9.21. The van der Waals surface area contributed by atoms with Crippen LogP contribution in [0.1, 0.15) is 44.6 Å². The molecule has 1 aromatic rings. The van der Waals surface area contributed by atoms with Crippen molar-refractivity contribution in [2.75, 3.05) is 65.8 Å². The van der Waals surface area contributed by atoms with Gasteiger partial charge in [-0.15, -0.1) is 0 Å². The van der Waals surface area contributed by atoms with Crippen LogP contribution < -0.4 is 21.3 Å². The molecule has 4 amide bonds. The Kier molecular flexibility index (Phi) is 22.2. The van der Waals surface area contributed by atoms with Gasteiger partial charge in [0.2, 0.25) is 17.7 Å². The number of amides is 4. The second kappa shape index (κ2) is 25.8. The summed E-state index contributed by atoms with van der Waals surface area (Å²) in [5.74, 6) is -1.28. The average Bonchev–Trinajstić information content (AvgIpc) is 3.01. The second-order valence-electron chi connectivity index (χ2n) is 9.21. The van der Waals surface area contributed by atoms with E-state index in [0.29, 0.717) is 39.6 Å². The Hall–Kier alpha value is -3.91. The third-order valence-corrected chi connectivity index (χ3v) is 5.72. The number of alkyl carbamates (subject to hydrolysis) is 1. The summed E-state index contributed by atoms with van der Waals surface area (Å²) < 4.78 is 21.1. The minimum atomic E-state index is -1.07. The first-order chi connectivity index (χ1) is 21.0. The summed E-state index contributed by atoms with van der Waals surface area (Å²) in [5.41, 5.74) is 8.94. The van der Waals surface area contributed by atoms with Crippen molar-refractivity contribution in [2.24, 2.45) is 5.11 Å². The monoisotopic (exact) mass is 607 g/mol. The summed E-state index contributed by atoms with van der Waals surface area (Å²) in [7, 11) is 0. The van der Waals surface area contributed by atoms with E-state index in [0.717, 1.165) is 24.8 Å². The summed E-state index contributed by atoms with van der Waals surface area (Å²) >= 11 is 0. The van der Waals surface area contributed by atoms with Crippen molar-refractivity contribution < 1.29 is 38.1 Å². The van der Waals surface area contributed by atoms with Crippen LogP contribution in [0.15, 0.2) is 35.4 Å². The van der Waals surface area contributed by atoms with Gasteiger partial charge < -0.3 is 40.2 Å². The van der Waals surface area contributed by atoms with Crippen LogP contribution in [0.2, 0.25) is 0 Å². The summed E-state index contributed by atoms with van der Waals surface area (Å²) in [4.78, 5) is 52.2. The van der Waals surface area contributed by atoms with Crippen molar-refractivity contribution in [3.8, 4) is 0 Å². The summed E-state index contributed by atoms with van der Waals surface area (Å²) in [5, 5.41) is 13.8. The van der Waals surface area contributed by atoms with Crippen LogP contribution in [0.25, 0.3) is 10.4 Å². The lowest BCUT2D eigenvalue weighted by molar-refractivity contribution is -0.127. The van der Waals surface area contributed by atoms with E-state index in [4.69, 9.17) is 24.5 Å². The molecule has 0 heterocycles. The van der Waals surface area contributed by atoms with E-state index < -0.39 is 23.9 Å². The van der Waals surface area contributed by atoms with Gasteiger partial charge in [-0.2, -0.15) is 0 Å². The van der Waals surface area contributed by atoms with E-state index in [9.17, 15) is 19.2 Å². The molecule has 0 radical (unpaired) electrons. The molecule has 1 aromatic carbocycles. The first-order valence-electron chi connectivity index (χ1n) is 14.5. The largest absolute Gasteiger partial charge is 0.445 e. The Morgan fingerprint density at radius 2 is 1.53 bits per heavy atom. The number of ether oxygens (including phenoxy) is 4. The van der Waals surface area contributed by atoms with Crippen molar-refractivity contribution >= 4 is 23.8 Å². The molecule has 0 saturated carbocycles. The maximum Gasteiger partial charge on any atom is 0.408 e. The first kappa shape index (κ1) is 37.1. The normalized spacial score (nSPS) is 11.1. The van der Waals surface area contributed by atoms with Gasteiger partial charge in [0, 0.05) is 31.0 Å². The van der Waals surface area contributed by atoms with Crippen LogP contribution in [0.3, 0.4) is 0 Å². The molecule has 0 aliphatic heterocycles. The summed E-state index contributed by atoms with van der Waals surface area (Å²) in [6.45, 7) is 4.81. The van der Waals surface area contributed by atoms with Gasteiger partial charge in [0.05, 0.1) is 46.2 Å². The fraction of sp³-hybridized carbons (Fsp3) is 0.643. The lowest BCUT2D eigenvalue weighted by atomic mass is 10.1. The number of carbonyl (C=O) groups is 4. The van der Waals surface area contributed by atoms with E-state index in [1.807, 2.05) is 18.2 Å². The highest BCUT2D eigenvalue weighted by Gasteiger charge is 2.23. The molecule has 1 atom stereocenters. The fourth-order valence-corrected chi connectivity index (χ4v) is 3.45. The Balaban J connectivity index is 2.33. The topological polar surface area (TPSA) is 202 Å². The lowest BCUT2D eigenvalue weighted by Gasteiger charge is -2.18. The zero-order chi connectivity index (χ0) is 31.4. The SMILES string of the molecule is CCCCCNC(=O)CC[C@H](NC(=O)OCc1ccccc1)C(=O)NCC(=O)NCCOCCOCCOCCN=[N+]=[N-]. The van der Waals surface area contributed by atoms with Crippen molar-refractivity contribution in [2.45, 2.75) is 51.7 Å². The quantitative estimate of drug-likeness (QED) is 0.0559. The van der Waals surface area contributed by atoms with Gasteiger partial charge in [-0.3, -0.25) is 14.4 Å². The third-order valence-electron chi connectivity index (χ3n) is 5.72. The third kappa shape index (κ3) is 21.5. The van der Waals surface area contributed by atoms with Crippen molar-refractivity contribution in [3.05, 3.63) is 46.3 Å². The van der Waals surface area contributed by atoms with Crippen LogP contribution in [-0.2, 0) is 39.9 Å². The molecule has 0 unspecified atom stereocenters. The van der Waals surface area contributed by atoms with Gasteiger partial charge in [-0.25, -0.2) is 4.79 Å². The van der Waals surface area contributed by atoms with Crippen LogP contribution in [0.5, 0.6) is 0 Å². The molecule has 0 aliphatic carbocycles. The van der Waals surface area contributed by atoms with E-state index in [1.165, 1.54) is 0 Å². The molecular weight excluding hydrogens is 562 g/mol. The van der Waals surface area contributed by atoms with Gasteiger partial charge in [-0.05, 0) is 23.9 Å². The van der Waals surface area contributed by atoms with Crippen LogP contribution in [0.4, 0.5) is 4.79 Å². The number of unbranched alkanes of at least 4 members (excludes halogenated alkanes) is 2. The molecule has 0 bridgehead atoms. The Labute approximate surface area is 252 Å². The average molecular weight is 608 g/mol. The predicted octanol–water partition coefficient (Wildman–Crippen LogP) is 1.96. The highest BCUT2D eigenvalue weighted by Crippen LogP contribution is 2.03. The number of carbonyl (C=O) groups excluding carboxylic acids is 4. The van der Waals surface area contributed by atoms with Gasteiger partial charge in [0.15, 0.2) is 0 Å². The molecule has 0 saturated heterocycles. The highest BCUT2D eigenvalue weighted by atomic mass is 16.6. The number of hydrogen-bond donors (Lipinski definition) is 4. The van der Waals surface area contributed by atoms with Crippen molar-refractivity contribution in [1.82, 2.24) is 21.3 Å². The minimum Gasteiger partial charge on any atom is -0.445 e. The Bertz CT molecular complexity index is 977. The number of nitrogens with zero attached hydrogens (tertiary/aromatic N) is 3. The molecule has 43 heavy (non-hydrogen) atoms. The number of nitrogens with one attached hydrogen (secondary N) is 4. The molecule has 1 rings (SSSR count). The predicted molar refractivity (Wildman–Crippen MR) is 158 cm³/mol. The molecule has 0 spiro atoms. The number of azide groups is 1. The van der Waals surface area contributed by atoms with E-state index >= 15 is 0 Å². The number of rotatable bonds is 25. The molecule has 15 nitrogen and oxygen atoms in total. The molecule has 0 fully saturated rings. The smallest absolute Gasteiger partial charge is 0.408 e. The maximum atomic E-state index is 12.8. The van der Waals surface area contributed by atoms with Gasteiger partial charge in [-0.1, -0.05) is 55.2 Å². The van der Waals surface area contributed by atoms with Crippen LogP contribution >= 0.6 is 0 Å². The molecule has 0 aliphatic rings. The lowest BCUT2D eigenvalue weighted by Crippen LogP contribution is -2.49.